The first-order chi connectivity index (χ1) is 17.3. The molecule has 6 atom stereocenters. The normalized spacial score (nSPS) is 29.7. The standard InChI is InChI=1S/C26H39BF3N3O4/c1-24(2)17-13-21(24)25(3)22(14-17)36-27(37-25)18(15-33-23(34)20(32)6-4-5-11-31)12-16-7-9-19(10-8-16)35-26(28,29)30/h7-10,17-18,20-22H,4-6,11-15,31-32H2,1-3H3,(H,33,34)/t17?,18-,20+,21?,22?,25-/m1/s1. The lowest BCUT2D eigenvalue weighted by atomic mass is 9.43. The number of nitrogens with one attached hydrogen (secondary N) is 1. The van der Waals surface area contributed by atoms with Gasteiger partial charge in [0.05, 0.1) is 17.7 Å². The van der Waals surface area contributed by atoms with Crippen LogP contribution in [-0.4, -0.2) is 50.2 Å². The summed E-state index contributed by atoms with van der Waals surface area (Å²) < 4.78 is 54.8. The number of ether oxygens (including phenoxy) is 1. The molecule has 37 heavy (non-hydrogen) atoms. The van der Waals surface area contributed by atoms with Crippen LogP contribution in [0.2, 0.25) is 5.82 Å². The minimum absolute atomic E-state index is 0.0199. The average molecular weight is 525 g/mol. The highest BCUT2D eigenvalue weighted by molar-refractivity contribution is 6.47. The van der Waals surface area contributed by atoms with Crippen LogP contribution < -0.4 is 21.5 Å². The Morgan fingerprint density at radius 3 is 2.54 bits per heavy atom. The van der Waals surface area contributed by atoms with Crippen molar-refractivity contribution < 1.29 is 32.0 Å². The van der Waals surface area contributed by atoms with Gasteiger partial charge in [0.15, 0.2) is 0 Å². The third kappa shape index (κ3) is 6.10. The number of alkyl halides is 3. The Hall–Kier alpha value is -1.82. The third-order valence-electron chi connectivity index (χ3n) is 8.85. The summed E-state index contributed by atoms with van der Waals surface area (Å²) in [5.74, 6) is 0.208. The summed E-state index contributed by atoms with van der Waals surface area (Å²) in [4.78, 5) is 12.7. The van der Waals surface area contributed by atoms with Gasteiger partial charge in [0, 0.05) is 12.4 Å². The minimum atomic E-state index is -4.75. The summed E-state index contributed by atoms with van der Waals surface area (Å²) in [6.45, 7) is 7.54. The second kappa shape index (κ2) is 10.7. The van der Waals surface area contributed by atoms with E-state index in [-0.39, 0.29) is 35.5 Å². The molecule has 1 saturated heterocycles. The van der Waals surface area contributed by atoms with Gasteiger partial charge in [0.1, 0.15) is 5.75 Å². The number of rotatable bonds is 11. The first-order valence-electron chi connectivity index (χ1n) is 13.2. The molecule has 1 aromatic rings. The molecule has 5 rings (SSSR count). The highest BCUT2D eigenvalue weighted by Gasteiger charge is 2.68. The zero-order chi connectivity index (χ0) is 27.0. The average Bonchev–Trinajstić information content (AvgIpc) is 3.18. The Balaban J connectivity index is 1.45. The van der Waals surface area contributed by atoms with Crippen molar-refractivity contribution in [2.24, 2.45) is 28.7 Å². The predicted octanol–water partition coefficient (Wildman–Crippen LogP) is 3.80. The van der Waals surface area contributed by atoms with Crippen LogP contribution in [-0.2, 0) is 20.5 Å². The fourth-order valence-electron chi connectivity index (χ4n) is 6.50. The molecule has 3 saturated carbocycles. The van der Waals surface area contributed by atoms with E-state index < -0.39 is 25.1 Å². The van der Waals surface area contributed by atoms with Gasteiger partial charge in [-0.05, 0) is 80.5 Å². The van der Waals surface area contributed by atoms with E-state index in [2.05, 4.69) is 30.8 Å². The summed E-state index contributed by atoms with van der Waals surface area (Å²) in [6.07, 6.45) is -0.144. The monoisotopic (exact) mass is 525 g/mol. The van der Waals surface area contributed by atoms with Gasteiger partial charge >= 0.3 is 13.5 Å². The zero-order valence-electron chi connectivity index (χ0n) is 21.9. The van der Waals surface area contributed by atoms with Crippen molar-refractivity contribution in [3.8, 4) is 5.75 Å². The van der Waals surface area contributed by atoms with E-state index in [4.69, 9.17) is 20.8 Å². The fourth-order valence-corrected chi connectivity index (χ4v) is 6.50. The second-order valence-electron chi connectivity index (χ2n) is 11.6. The fraction of sp³-hybridized carbons (Fsp3) is 0.731. The first kappa shape index (κ1) is 28.2. The second-order valence-corrected chi connectivity index (χ2v) is 11.6. The Morgan fingerprint density at radius 1 is 1.22 bits per heavy atom. The molecular formula is C26H39BF3N3O4. The largest absolute Gasteiger partial charge is 0.573 e. The molecule has 0 aromatic heterocycles. The number of amides is 1. The maximum Gasteiger partial charge on any atom is 0.573 e. The lowest BCUT2D eigenvalue weighted by Gasteiger charge is -2.64. The molecule has 0 radical (unpaired) electrons. The number of hydrogen-bond donors (Lipinski definition) is 3. The number of carbonyl (C=O) groups is 1. The van der Waals surface area contributed by atoms with Crippen molar-refractivity contribution in [3.63, 3.8) is 0 Å². The Kier molecular flexibility index (Phi) is 8.19. The molecule has 7 nitrogen and oxygen atoms in total. The molecule has 1 heterocycles. The van der Waals surface area contributed by atoms with Crippen LogP contribution in [0, 0.1) is 17.3 Å². The zero-order valence-corrected chi connectivity index (χ0v) is 21.9. The van der Waals surface area contributed by atoms with E-state index in [1.807, 2.05) is 0 Å². The van der Waals surface area contributed by atoms with Gasteiger partial charge in [-0.2, -0.15) is 0 Å². The predicted molar refractivity (Wildman–Crippen MR) is 135 cm³/mol. The Labute approximate surface area is 217 Å². The highest BCUT2D eigenvalue weighted by Crippen LogP contribution is 2.66. The molecule has 4 aliphatic rings. The Bertz CT molecular complexity index is 948. The van der Waals surface area contributed by atoms with E-state index >= 15 is 0 Å². The molecule has 3 unspecified atom stereocenters. The lowest BCUT2D eigenvalue weighted by Crippen LogP contribution is -2.65. The summed E-state index contributed by atoms with van der Waals surface area (Å²) in [5.41, 5.74) is 12.2. The number of unbranched alkanes of at least 4 members (excludes halogenated alkanes) is 1. The first-order valence-corrected chi connectivity index (χ1v) is 13.2. The number of hydrogen-bond acceptors (Lipinski definition) is 6. The number of halogens is 3. The van der Waals surface area contributed by atoms with Gasteiger partial charge in [0.2, 0.25) is 5.91 Å². The van der Waals surface area contributed by atoms with Gasteiger partial charge in [-0.15, -0.1) is 13.2 Å². The van der Waals surface area contributed by atoms with Crippen molar-refractivity contribution in [1.29, 1.82) is 0 Å². The maximum absolute atomic E-state index is 12.7. The topological polar surface area (TPSA) is 109 Å². The van der Waals surface area contributed by atoms with Crippen LogP contribution in [0.4, 0.5) is 13.2 Å². The molecule has 1 amide bonds. The van der Waals surface area contributed by atoms with Gasteiger partial charge in [-0.25, -0.2) is 0 Å². The third-order valence-corrected chi connectivity index (χ3v) is 8.85. The number of benzene rings is 1. The number of nitrogens with two attached hydrogens (primary N) is 2. The van der Waals surface area contributed by atoms with Crippen LogP contribution in [0.5, 0.6) is 5.75 Å². The quantitative estimate of drug-likeness (QED) is 0.300. The minimum Gasteiger partial charge on any atom is -0.406 e. The highest BCUT2D eigenvalue weighted by atomic mass is 19.4. The smallest absolute Gasteiger partial charge is 0.406 e. The van der Waals surface area contributed by atoms with Crippen molar-refractivity contribution in [2.45, 2.75) is 89.2 Å². The molecule has 4 fully saturated rings. The molecule has 206 valence electrons. The lowest BCUT2D eigenvalue weighted by molar-refractivity contribution is -0.274. The van der Waals surface area contributed by atoms with Gasteiger partial charge in [-0.1, -0.05) is 32.4 Å². The summed E-state index contributed by atoms with van der Waals surface area (Å²) in [7, 11) is -0.551. The van der Waals surface area contributed by atoms with Gasteiger partial charge in [0.25, 0.3) is 0 Å². The molecule has 1 aromatic carbocycles. The van der Waals surface area contributed by atoms with E-state index in [1.54, 1.807) is 12.1 Å². The summed E-state index contributed by atoms with van der Waals surface area (Å²) in [6, 6.07) is 5.14. The van der Waals surface area contributed by atoms with E-state index in [1.165, 1.54) is 12.1 Å². The van der Waals surface area contributed by atoms with Crippen LogP contribution >= 0.6 is 0 Å². The Morgan fingerprint density at radius 2 is 1.92 bits per heavy atom. The van der Waals surface area contributed by atoms with Gasteiger partial charge in [-0.3, -0.25) is 4.79 Å². The molecule has 2 bridgehead atoms. The SMILES string of the molecule is CC1(C)C2CC3OB([C@@H](CNC(=O)[C@@H](N)CCCCN)Cc4ccc(OC(F)(F)F)cc4)O[C@]3(C)C1C2. The molecule has 0 spiro atoms. The van der Waals surface area contributed by atoms with Gasteiger partial charge < -0.3 is 30.8 Å². The van der Waals surface area contributed by atoms with E-state index in [9.17, 15) is 18.0 Å². The van der Waals surface area contributed by atoms with E-state index in [0.29, 0.717) is 31.2 Å². The van der Waals surface area contributed by atoms with Crippen molar-refractivity contribution in [2.75, 3.05) is 13.1 Å². The molecule has 11 heteroatoms. The molecule has 3 aliphatic carbocycles. The molecule has 1 aliphatic heterocycles. The van der Waals surface area contributed by atoms with Crippen LogP contribution in [0.3, 0.4) is 0 Å². The maximum atomic E-state index is 12.7. The van der Waals surface area contributed by atoms with Crippen LogP contribution in [0.25, 0.3) is 0 Å². The summed E-state index contributed by atoms with van der Waals surface area (Å²) >= 11 is 0. The molecular weight excluding hydrogens is 486 g/mol. The van der Waals surface area contributed by atoms with Crippen LogP contribution in [0.15, 0.2) is 24.3 Å². The molecule has 5 N–H and O–H groups in total. The van der Waals surface area contributed by atoms with Crippen LogP contribution in [0.1, 0.15) is 58.4 Å². The van der Waals surface area contributed by atoms with E-state index in [0.717, 1.165) is 31.2 Å². The van der Waals surface area contributed by atoms with Crippen molar-refractivity contribution in [1.82, 2.24) is 5.32 Å². The van der Waals surface area contributed by atoms with Crippen molar-refractivity contribution in [3.05, 3.63) is 29.8 Å². The summed E-state index contributed by atoms with van der Waals surface area (Å²) in [5, 5.41) is 2.95. The van der Waals surface area contributed by atoms with Crippen molar-refractivity contribution >= 4 is 13.0 Å². The number of carbonyl (C=O) groups excluding carboxylic acids is 1.